The van der Waals surface area contributed by atoms with Crippen LogP contribution < -0.4 is 16.0 Å². The van der Waals surface area contributed by atoms with Crippen molar-refractivity contribution in [3.05, 3.63) is 17.8 Å². The molecule has 1 unspecified atom stereocenters. The largest absolute Gasteiger partial charge is 0.396 e. The zero-order chi connectivity index (χ0) is 12.4. The van der Waals surface area contributed by atoms with E-state index in [1.807, 2.05) is 11.0 Å². The summed E-state index contributed by atoms with van der Waals surface area (Å²) in [4.78, 5) is 17.5. The number of anilines is 2. The number of nitrogens with one attached hydrogen (secondary N) is 1. The predicted octanol–water partition coefficient (Wildman–Crippen LogP) is -0.140. The molecule has 0 aliphatic carbocycles. The Morgan fingerprint density at radius 2 is 2.47 bits per heavy atom. The summed E-state index contributed by atoms with van der Waals surface area (Å²) in [6, 6.07) is 3.25. The first-order valence-corrected chi connectivity index (χ1v) is 5.33. The lowest BCUT2D eigenvalue weighted by molar-refractivity contribution is -0.122. The number of carbonyl (C=O) groups is 1. The van der Waals surface area contributed by atoms with E-state index in [4.69, 9.17) is 11.0 Å². The highest BCUT2D eigenvalue weighted by atomic mass is 16.2. The van der Waals surface area contributed by atoms with Crippen molar-refractivity contribution >= 4 is 17.4 Å². The highest BCUT2D eigenvalue weighted by molar-refractivity contribution is 5.87. The van der Waals surface area contributed by atoms with E-state index in [0.717, 1.165) is 0 Å². The van der Waals surface area contributed by atoms with E-state index in [9.17, 15) is 4.79 Å². The summed E-state index contributed by atoms with van der Waals surface area (Å²) in [7, 11) is 0. The zero-order valence-electron chi connectivity index (χ0n) is 9.47. The third-order valence-corrected chi connectivity index (χ3v) is 2.80. The van der Waals surface area contributed by atoms with Crippen molar-refractivity contribution in [2.45, 2.75) is 13.0 Å². The molecule has 17 heavy (non-hydrogen) atoms. The topological polar surface area (TPSA) is 95.0 Å². The third-order valence-electron chi connectivity index (χ3n) is 2.80. The van der Waals surface area contributed by atoms with Crippen LogP contribution in [0.2, 0.25) is 0 Å². The number of nitrogen functional groups attached to an aromatic ring is 1. The highest BCUT2D eigenvalue weighted by Gasteiger charge is 2.27. The van der Waals surface area contributed by atoms with Gasteiger partial charge in [0.25, 0.3) is 0 Å². The summed E-state index contributed by atoms with van der Waals surface area (Å²) in [6.45, 7) is 3.04. The van der Waals surface area contributed by atoms with Gasteiger partial charge in [-0.05, 0) is 13.0 Å². The van der Waals surface area contributed by atoms with E-state index in [1.165, 1.54) is 6.20 Å². The van der Waals surface area contributed by atoms with Gasteiger partial charge < -0.3 is 16.0 Å². The van der Waals surface area contributed by atoms with Gasteiger partial charge in [-0.1, -0.05) is 0 Å². The van der Waals surface area contributed by atoms with Gasteiger partial charge in [0, 0.05) is 19.3 Å². The Hall–Kier alpha value is -2.29. The molecule has 1 saturated heterocycles. The van der Waals surface area contributed by atoms with Crippen molar-refractivity contribution in [3.63, 3.8) is 0 Å². The molecule has 1 aromatic rings. The van der Waals surface area contributed by atoms with Gasteiger partial charge in [-0.2, -0.15) is 5.26 Å². The summed E-state index contributed by atoms with van der Waals surface area (Å²) in [5.41, 5.74) is 6.69. The van der Waals surface area contributed by atoms with Crippen LogP contribution in [0.4, 0.5) is 11.5 Å². The van der Waals surface area contributed by atoms with Gasteiger partial charge in [0.05, 0.1) is 11.3 Å². The van der Waals surface area contributed by atoms with Crippen LogP contribution in [-0.2, 0) is 4.79 Å². The maximum absolute atomic E-state index is 11.5. The Bertz CT molecular complexity index is 493. The monoisotopic (exact) mass is 231 g/mol. The molecule has 0 aromatic carbocycles. The number of nitriles is 1. The molecule has 0 radical (unpaired) electrons. The van der Waals surface area contributed by atoms with E-state index >= 15 is 0 Å². The normalized spacial score (nSPS) is 19.6. The van der Waals surface area contributed by atoms with E-state index in [-0.39, 0.29) is 11.9 Å². The Morgan fingerprint density at radius 3 is 3.12 bits per heavy atom. The molecule has 2 heterocycles. The van der Waals surface area contributed by atoms with Gasteiger partial charge in [-0.25, -0.2) is 4.98 Å². The van der Waals surface area contributed by atoms with Crippen molar-refractivity contribution in [1.29, 1.82) is 5.26 Å². The number of piperazine rings is 1. The minimum atomic E-state index is -0.300. The summed E-state index contributed by atoms with van der Waals surface area (Å²) in [5, 5.41) is 11.5. The number of carbonyl (C=O) groups excluding carboxylic acids is 1. The lowest BCUT2D eigenvalue weighted by Crippen LogP contribution is -2.54. The van der Waals surface area contributed by atoms with Crippen LogP contribution in [0.25, 0.3) is 0 Å². The second-order valence-corrected chi connectivity index (χ2v) is 3.91. The Morgan fingerprint density at radius 1 is 1.71 bits per heavy atom. The lowest BCUT2D eigenvalue weighted by Gasteiger charge is -2.34. The van der Waals surface area contributed by atoms with Crippen LogP contribution >= 0.6 is 0 Å². The second-order valence-electron chi connectivity index (χ2n) is 3.91. The maximum Gasteiger partial charge on any atom is 0.242 e. The number of nitrogens with zero attached hydrogens (tertiary/aromatic N) is 3. The number of nitrogens with two attached hydrogens (primary N) is 1. The van der Waals surface area contributed by atoms with Crippen LogP contribution in [0.5, 0.6) is 0 Å². The number of hydrogen-bond acceptors (Lipinski definition) is 5. The molecule has 6 nitrogen and oxygen atoms in total. The second kappa shape index (κ2) is 4.29. The molecule has 6 heteroatoms. The van der Waals surface area contributed by atoms with Gasteiger partial charge in [0.2, 0.25) is 5.91 Å². The smallest absolute Gasteiger partial charge is 0.242 e. The summed E-state index contributed by atoms with van der Waals surface area (Å²) in [5.74, 6) is 0.521. The molecule has 88 valence electrons. The first-order chi connectivity index (χ1) is 8.13. The maximum atomic E-state index is 11.5. The molecule has 1 aliphatic rings. The van der Waals surface area contributed by atoms with Crippen molar-refractivity contribution in [1.82, 2.24) is 10.3 Å². The molecule has 2 rings (SSSR count). The van der Waals surface area contributed by atoms with E-state index in [2.05, 4.69) is 10.3 Å². The van der Waals surface area contributed by atoms with Gasteiger partial charge in [0.1, 0.15) is 12.1 Å². The molecule has 0 bridgehead atoms. The number of pyridine rings is 1. The molecule has 0 spiro atoms. The average molecular weight is 231 g/mol. The van der Waals surface area contributed by atoms with Gasteiger partial charge in [-0.3, -0.25) is 4.79 Å². The standard InChI is InChI=1S/C11H13N5O/c1-7-11(17)14-2-3-16(7)10-9(13)4-8(5-12)6-15-10/h4,6-7H,2-3,13H2,1H3,(H,14,17). The Labute approximate surface area is 99.0 Å². The number of rotatable bonds is 1. The SMILES string of the molecule is CC1C(=O)NCCN1c1ncc(C#N)cc1N. The number of aromatic nitrogens is 1. The first kappa shape index (κ1) is 11.2. The molecule has 1 amide bonds. The van der Waals surface area contributed by atoms with Crippen molar-refractivity contribution in [2.24, 2.45) is 0 Å². The predicted molar refractivity (Wildman–Crippen MR) is 63.2 cm³/mol. The quantitative estimate of drug-likeness (QED) is 0.701. The highest BCUT2D eigenvalue weighted by Crippen LogP contribution is 2.23. The molecular weight excluding hydrogens is 218 g/mol. The fourth-order valence-electron chi connectivity index (χ4n) is 1.85. The molecule has 1 atom stereocenters. The summed E-state index contributed by atoms with van der Waals surface area (Å²) < 4.78 is 0. The lowest BCUT2D eigenvalue weighted by atomic mass is 10.2. The molecular formula is C11H13N5O. The average Bonchev–Trinajstić information content (AvgIpc) is 2.33. The molecule has 1 fully saturated rings. The van der Waals surface area contributed by atoms with Crippen LogP contribution in [-0.4, -0.2) is 30.0 Å². The third kappa shape index (κ3) is 1.99. The Balaban J connectivity index is 2.34. The molecule has 1 aromatic heterocycles. The molecule has 3 N–H and O–H groups in total. The minimum Gasteiger partial charge on any atom is -0.396 e. The molecule has 0 saturated carbocycles. The molecule has 1 aliphatic heterocycles. The van der Waals surface area contributed by atoms with E-state index < -0.39 is 0 Å². The summed E-state index contributed by atoms with van der Waals surface area (Å²) in [6.07, 6.45) is 1.46. The van der Waals surface area contributed by atoms with E-state index in [1.54, 1.807) is 13.0 Å². The van der Waals surface area contributed by atoms with Gasteiger partial charge >= 0.3 is 0 Å². The number of amides is 1. The van der Waals surface area contributed by atoms with Crippen LogP contribution in [0.3, 0.4) is 0 Å². The van der Waals surface area contributed by atoms with Gasteiger partial charge in [-0.15, -0.1) is 0 Å². The number of hydrogen-bond donors (Lipinski definition) is 2. The van der Waals surface area contributed by atoms with Crippen LogP contribution in [0.15, 0.2) is 12.3 Å². The fraction of sp³-hybridized carbons (Fsp3) is 0.364. The van der Waals surface area contributed by atoms with Gasteiger partial charge in [0.15, 0.2) is 5.82 Å². The van der Waals surface area contributed by atoms with E-state index in [0.29, 0.717) is 30.2 Å². The zero-order valence-corrected chi connectivity index (χ0v) is 9.47. The van der Waals surface area contributed by atoms with Crippen molar-refractivity contribution < 1.29 is 4.79 Å². The first-order valence-electron chi connectivity index (χ1n) is 5.33. The fourth-order valence-corrected chi connectivity index (χ4v) is 1.85. The van der Waals surface area contributed by atoms with Crippen LogP contribution in [0, 0.1) is 11.3 Å². The van der Waals surface area contributed by atoms with Crippen molar-refractivity contribution in [3.8, 4) is 6.07 Å². The minimum absolute atomic E-state index is 0.0400. The Kier molecular flexibility index (Phi) is 2.83. The van der Waals surface area contributed by atoms with Crippen LogP contribution in [0.1, 0.15) is 12.5 Å². The van der Waals surface area contributed by atoms with Crippen molar-refractivity contribution in [2.75, 3.05) is 23.7 Å². The summed E-state index contributed by atoms with van der Waals surface area (Å²) >= 11 is 0.